The molecule has 0 saturated carbocycles. The zero-order valence-electron chi connectivity index (χ0n) is 28.7. The molecular formula is C51H35N. The third-order valence-electron chi connectivity index (χ3n) is 10.1. The van der Waals surface area contributed by atoms with Crippen LogP contribution in [0.5, 0.6) is 0 Å². The van der Waals surface area contributed by atoms with Crippen LogP contribution in [0.2, 0.25) is 0 Å². The predicted octanol–water partition coefficient (Wildman–Crippen LogP) is 12.9. The molecule has 1 heteroatoms. The maximum atomic E-state index is 3.87. The summed E-state index contributed by atoms with van der Waals surface area (Å²) in [5.74, 6) is 7.50. The van der Waals surface area contributed by atoms with Crippen molar-refractivity contribution in [1.29, 1.82) is 0 Å². The van der Waals surface area contributed by atoms with Gasteiger partial charge in [0.1, 0.15) is 5.41 Å². The van der Waals surface area contributed by atoms with Gasteiger partial charge in [-0.3, -0.25) is 0 Å². The molecule has 0 amide bonds. The molecule has 1 aliphatic rings. The molecule has 0 fully saturated rings. The summed E-state index contributed by atoms with van der Waals surface area (Å²) < 4.78 is 0. The lowest BCUT2D eigenvalue weighted by Gasteiger charge is -2.29. The highest BCUT2D eigenvalue weighted by molar-refractivity contribution is 5.90. The predicted molar refractivity (Wildman–Crippen MR) is 217 cm³/mol. The minimum atomic E-state index is -0.640. The Morgan fingerprint density at radius 1 is 0.346 bits per heavy atom. The lowest BCUT2D eigenvalue weighted by molar-refractivity contribution is 0.837. The molecule has 1 atom stereocenters. The van der Waals surface area contributed by atoms with Gasteiger partial charge in [0.2, 0.25) is 0 Å². The van der Waals surface area contributed by atoms with E-state index in [0.29, 0.717) is 0 Å². The molecule has 0 radical (unpaired) electrons. The van der Waals surface area contributed by atoms with Crippen LogP contribution < -0.4 is 4.90 Å². The molecule has 0 aromatic heterocycles. The van der Waals surface area contributed by atoms with Gasteiger partial charge in [0.25, 0.3) is 0 Å². The summed E-state index contributed by atoms with van der Waals surface area (Å²) in [5.41, 5.74) is 14.4. The van der Waals surface area contributed by atoms with Crippen molar-refractivity contribution in [3.63, 3.8) is 0 Å². The van der Waals surface area contributed by atoms with E-state index in [0.717, 1.165) is 22.6 Å². The average molecular weight is 662 g/mol. The highest BCUT2D eigenvalue weighted by atomic mass is 15.1. The Balaban J connectivity index is 1.18. The Morgan fingerprint density at radius 3 is 1.44 bits per heavy atom. The van der Waals surface area contributed by atoms with E-state index in [9.17, 15) is 0 Å². The monoisotopic (exact) mass is 661 g/mol. The minimum Gasteiger partial charge on any atom is -0.310 e. The van der Waals surface area contributed by atoms with Crippen molar-refractivity contribution >= 4 is 17.1 Å². The van der Waals surface area contributed by atoms with Gasteiger partial charge >= 0.3 is 0 Å². The van der Waals surface area contributed by atoms with Crippen LogP contribution in [0.1, 0.15) is 22.3 Å². The van der Waals surface area contributed by atoms with Gasteiger partial charge in [0.05, 0.1) is 0 Å². The van der Waals surface area contributed by atoms with E-state index < -0.39 is 5.41 Å². The van der Waals surface area contributed by atoms with E-state index in [1.54, 1.807) is 0 Å². The molecule has 8 aromatic rings. The zero-order chi connectivity index (χ0) is 34.7. The summed E-state index contributed by atoms with van der Waals surface area (Å²) in [6.45, 7) is 0. The second-order valence-corrected chi connectivity index (χ2v) is 13.2. The minimum absolute atomic E-state index is 0.640. The molecule has 1 nitrogen and oxygen atoms in total. The average Bonchev–Trinajstić information content (AvgIpc) is 3.52. The summed E-state index contributed by atoms with van der Waals surface area (Å²) in [7, 11) is 0. The van der Waals surface area contributed by atoms with E-state index in [2.05, 4.69) is 229 Å². The number of hydrogen-bond acceptors (Lipinski definition) is 1. The molecule has 0 heterocycles. The van der Waals surface area contributed by atoms with Crippen molar-refractivity contribution < 1.29 is 0 Å². The highest BCUT2D eigenvalue weighted by Gasteiger charge is 2.43. The molecule has 0 bridgehead atoms. The molecule has 0 aliphatic heterocycles. The van der Waals surface area contributed by atoms with Crippen LogP contribution in [0.3, 0.4) is 0 Å². The molecule has 52 heavy (non-hydrogen) atoms. The fourth-order valence-electron chi connectivity index (χ4n) is 7.62. The molecule has 244 valence electrons. The van der Waals surface area contributed by atoms with Crippen LogP contribution in [0.25, 0.3) is 33.4 Å². The van der Waals surface area contributed by atoms with Gasteiger partial charge in [0, 0.05) is 22.6 Å². The van der Waals surface area contributed by atoms with Gasteiger partial charge in [-0.15, -0.1) is 0 Å². The van der Waals surface area contributed by atoms with Crippen molar-refractivity contribution in [3.8, 4) is 45.2 Å². The van der Waals surface area contributed by atoms with E-state index in [1.807, 2.05) is 0 Å². The van der Waals surface area contributed by atoms with Crippen molar-refractivity contribution in [2.24, 2.45) is 0 Å². The Hall–Kier alpha value is -6.88. The Kier molecular flexibility index (Phi) is 8.05. The van der Waals surface area contributed by atoms with Crippen LogP contribution in [0.15, 0.2) is 212 Å². The molecule has 0 spiro atoms. The van der Waals surface area contributed by atoms with Crippen molar-refractivity contribution in [2.45, 2.75) is 5.41 Å². The first-order valence-electron chi connectivity index (χ1n) is 17.8. The smallest absolute Gasteiger partial charge is 0.108 e. The largest absolute Gasteiger partial charge is 0.310 e. The normalized spacial score (nSPS) is 14.1. The molecule has 1 unspecified atom stereocenters. The summed E-state index contributed by atoms with van der Waals surface area (Å²) in [5, 5.41) is 0. The van der Waals surface area contributed by atoms with Crippen LogP contribution >= 0.6 is 0 Å². The standard InChI is InChI=1S/C51H35N/c1-5-15-39(16-6-1)41-27-25-38(26-28-41)35-36-51(43-19-9-3-10-20-43)49-24-14-13-23-47(49)48-37-46(33-34-50(48)51)52(44-21-11-4-12-22-44)45-31-29-42(30-32-45)40-17-7-2-8-18-40/h1-34,37H. The molecule has 8 aromatic carbocycles. The van der Waals surface area contributed by atoms with Gasteiger partial charge in [-0.1, -0.05) is 176 Å². The second kappa shape index (κ2) is 13.4. The van der Waals surface area contributed by atoms with Crippen LogP contribution in [0, 0.1) is 11.8 Å². The second-order valence-electron chi connectivity index (χ2n) is 13.2. The van der Waals surface area contributed by atoms with Crippen molar-refractivity contribution in [3.05, 3.63) is 235 Å². The van der Waals surface area contributed by atoms with Crippen molar-refractivity contribution in [2.75, 3.05) is 4.90 Å². The third kappa shape index (κ3) is 5.58. The lowest BCUT2D eigenvalue weighted by atomic mass is 9.73. The first-order chi connectivity index (χ1) is 25.8. The van der Waals surface area contributed by atoms with Gasteiger partial charge in [-0.2, -0.15) is 0 Å². The number of benzene rings is 8. The molecule has 9 rings (SSSR count). The fraction of sp³-hybridized carbons (Fsp3) is 0.0196. The van der Waals surface area contributed by atoms with Crippen LogP contribution in [0.4, 0.5) is 17.1 Å². The van der Waals surface area contributed by atoms with Gasteiger partial charge < -0.3 is 4.90 Å². The fourth-order valence-corrected chi connectivity index (χ4v) is 7.62. The third-order valence-corrected chi connectivity index (χ3v) is 10.1. The topological polar surface area (TPSA) is 3.24 Å². The zero-order valence-corrected chi connectivity index (χ0v) is 28.7. The number of hydrogen-bond donors (Lipinski definition) is 0. The van der Waals surface area contributed by atoms with Crippen LogP contribution in [-0.4, -0.2) is 0 Å². The first-order valence-corrected chi connectivity index (χ1v) is 17.8. The van der Waals surface area contributed by atoms with Gasteiger partial charge in [-0.05, 0) is 98.6 Å². The summed E-state index contributed by atoms with van der Waals surface area (Å²) in [6.07, 6.45) is 0. The van der Waals surface area contributed by atoms with Crippen LogP contribution in [-0.2, 0) is 5.41 Å². The Labute approximate surface area is 306 Å². The highest BCUT2D eigenvalue weighted by Crippen LogP contribution is 2.54. The molecule has 0 saturated heterocycles. The Morgan fingerprint density at radius 2 is 0.808 bits per heavy atom. The molecule has 1 aliphatic carbocycles. The summed E-state index contributed by atoms with van der Waals surface area (Å²) in [6, 6.07) is 75.6. The number of nitrogens with zero attached hydrogens (tertiary/aromatic N) is 1. The number of rotatable bonds is 6. The van der Waals surface area contributed by atoms with Gasteiger partial charge in [0.15, 0.2) is 0 Å². The van der Waals surface area contributed by atoms with E-state index in [1.165, 1.54) is 50.1 Å². The number of anilines is 3. The maximum absolute atomic E-state index is 3.87. The van der Waals surface area contributed by atoms with E-state index >= 15 is 0 Å². The number of fused-ring (bicyclic) bond motifs is 3. The first kappa shape index (κ1) is 31.1. The Bertz CT molecular complexity index is 2530. The molecular weight excluding hydrogens is 627 g/mol. The maximum Gasteiger partial charge on any atom is 0.108 e. The van der Waals surface area contributed by atoms with E-state index in [-0.39, 0.29) is 0 Å². The molecule has 0 N–H and O–H groups in total. The van der Waals surface area contributed by atoms with E-state index in [4.69, 9.17) is 0 Å². The number of para-hydroxylation sites is 1. The summed E-state index contributed by atoms with van der Waals surface area (Å²) >= 11 is 0. The summed E-state index contributed by atoms with van der Waals surface area (Å²) in [4.78, 5) is 2.35. The van der Waals surface area contributed by atoms with Crippen molar-refractivity contribution in [1.82, 2.24) is 0 Å². The van der Waals surface area contributed by atoms with Gasteiger partial charge in [-0.25, -0.2) is 0 Å². The quantitative estimate of drug-likeness (QED) is 0.160. The lowest BCUT2D eigenvalue weighted by Crippen LogP contribution is -2.25. The SMILES string of the molecule is C(#CC1(c2ccccc2)c2ccccc2-c2cc(N(c3ccccc3)c3ccc(-c4ccccc4)cc3)ccc21)c1ccc(-c2ccccc2)cc1.